The second-order valence-corrected chi connectivity index (χ2v) is 7.83. The van der Waals surface area contributed by atoms with Crippen LogP contribution in [0.4, 0.5) is 0 Å². The number of carboxylic acids is 1. The molecule has 0 saturated carbocycles. The quantitative estimate of drug-likeness (QED) is 0.697. The normalized spacial score (nSPS) is 12.9. The molecule has 136 valence electrons. The Morgan fingerprint density at radius 1 is 1.17 bits per heavy atom. The summed E-state index contributed by atoms with van der Waals surface area (Å²) in [6.07, 6.45) is 4.63. The number of benzene rings is 1. The number of carboxylic acid groups (broad SMARTS) is 1. The fourth-order valence-corrected chi connectivity index (χ4v) is 3.50. The Morgan fingerprint density at radius 3 is 2.21 bits per heavy atom. The number of aliphatic hydroxyl groups is 1. The lowest BCUT2D eigenvalue weighted by molar-refractivity contribution is -0.134. The van der Waals surface area contributed by atoms with Crippen LogP contribution in [0.1, 0.15) is 40.0 Å². The van der Waals surface area contributed by atoms with E-state index in [0.717, 1.165) is 31.8 Å². The summed E-state index contributed by atoms with van der Waals surface area (Å²) in [5, 5.41) is 16.2. The maximum atomic E-state index is 12.2. The lowest BCUT2D eigenvalue weighted by atomic mass is 10.0. The van der Waals surface area contributed by atoms with Gasteiger partial charge in [-0.25, -0.2) is 8.42 Å². The number of rotatable bonds is 8. The van der Waals surface area contributed by atoms with Gasteiger partial charge in [0.1, 0.15) is 0 Å². The SMILES string of the molecule is CC(=CCCC(C)CCO)CS(=O)(=O)c1ccccc1.CC(=O)O. The van der Waals surface area contributed by atoms with E-state index in [0.29, 0.717) is 10.8 Å². The summed E-state index contributed by atoms with van der Waals surface area (Å²) in [6, 6.07) is 8.55. The second-order valence-electron chi connectivity index (χ2n) is 5.84. The molecular weight excluding hydrogens is 328 g/mol. The van der Waals surface area contributed by atoms with Crippen molar-refractivity contribution in [2.24, 2.45) is 5.92 Å². The smallest absolute Gasteiger partial charge is 0.300 e. The van der Waals surface area contributed by atoms with E-state index in [1.54, 1.807) is 24.3 Å². The number of sulfone groups is 1. The van der Waals surface area contributed by atoms with Gasteiger partial charge in [0.15, 0.2) is 9.84 Å². The van der Waals surface area contributed by atoms with Gasteiger partial charge in [-0.05, 0) is 44.2 Å². The number of hydrogen-bond acceptors (Lipinski definition) is 4. The monoisotopic (exact) mass is 356 g/mol. The summed E-state index contributed by atoms with van der Waals surface area (Å²) in [5.41, 5.74) is 0.880. The van der Waals surface area contributed by atoms with E-state index in [4.69, 9.17) is 15.0 Å². The van der Waals surface area contributed by atoms with E-state index in [9.17, 15) is 8.42 Å². The number of allylic oxidation sites excluding steroid dienone is 1. The Morgan fingerprint density at radius 2 is 1.71 bits per heavy atom. The predicted molar refractivity (Wildman–Crippen MR) is 95.7 cm³/mol. The molecule has 0 saturated heterocycles. The van der Waals surface area contributed by atoms with Crippen LogP contribution in [-0.4, -0.2) is 37.0 Å². The molecule has 1 rings (SSSR count). The predicted octanol–water partition coefficient (Wildman–Crippen LogP) is 3.30. The van der Waals surface area contributed by atoms with Gasteiger partial charge in [-0.2, -0.15) is 0 Å². The Hall–Kier alpha value is -1.66. The lowest BCUT2D eigenvalue weighted by Crippen LogP contribution is -2.07. The van der Waals surface area contributed by atoms with Crippen molar-refractivity contribution in [1.82, 2.24) is 0 Å². The molecule has 0 aromatic heterocycles. The molecule has 0 amide bonds. The summed E-state index contributed by atoms with van der Waals surface area (Å²) < 4.78 is 24.3. The molecule has 0 radical (unpaired) electrons. The zero-order valence-electron chi connectivity index (χ0n) is 14.6. The maximum Gasteiger partial charge on any atom is 0.300 e. The molecule has 0 heterocycles. The number of aliphatic hydroxyl groups excluding tert-OH is 1. The Kier molecular flexibility index (Phi) is 11.0. The van der Waals surface area contributed by atoms with Gasteiger partial charge >= 0.3 is 0 Å². The van der Waals surface area contributed by atoms with Crippen molar-refractivity contribution >= 4 is 15.8 Å². The van der Waals surface area contributed by atoms with Gasteiger partial charge in [-0.15, -0.1) is 0 Å². The number of carbonyl (C=O) groups is 1. The van der Waals surface area contributed by atoms with Crippen LogP contribution in [0.25, 0.3) is 0 Å². The van der Waals surface area contributed by atoms with Gasteiger partial charge in [0.25, 0.3) is 5.97 Å². The van der Waals surface area contributed by atoms with Crippen molar-refractivity contribution in [3.8, 4) is 0 Å². The molecule has 2 N–H and O–H groups in total. The van der Waals surface area contributed by atoms with Crippen LogP contribution in [0.3, 0.4) is 0 Å². The van der Waals surface area contributed by atoms with Crippen molar-refractivity contribution in [3.05, 3.63) is 42.0 Å². The molecule has 1 aromatic rings. The fourth-order valence-electron chi connectivity index (χ4n) is 2.05. The average molecular weight is 356 g/mol. The highest BCUT2D eigenvalue weighted by atomic mass is 32.2. The van der Waals surface area contributed by atoms with Crippen molar-refractivity contribution in [3.63, 3.8) is 0 Å². The minimum Gasteiger partial charge on any atom is -0.481 e. The van der Waals surface area contributed by atoms with Crippen LogP contribution in [-0.2, 0) is 14.6 Å². The van der Waals surface area contributed by atoms with Crippen LogP contribution in [0.15, 0.2) is 46.9 Å². The summed E-state index contributed by atoms with van der Waals surface area (Å²) in [4.78, 5) is 9.38. The molecule has 0 aliphatic rings. The third-order valence-corrected chi connectivity index (χ3v) is 5.12. The minimum atomic E-state index is -3.23. The van der Waals surface area contributed by atoms with E-state index in [2.05, 4.69) is 6.92 Å². The molecule has 0 spiro atoms. The molecule has 1 atom stereocenters. The van der Waals surface area contributed by atoms with Crippen molar-refractivity contribution in [1.29, 1.82) is 0 Å². The first-order chi connectivity index (χ1) is 11.2. The van der Waals surface area contributed by atoms with Crippen molar-refractivity contribution in [2.75, 3.05) is 12.4 Å². The molecule has 5 nitrogen and oxygen atoms in total. The Balaban J connectivity index is 0.00000118. The van der Waals surface area contributed by atoms with Gasteiger partial charge in [-0.3, -0.25) is 4.79 Å². The van der Waals surface area contributed by atoms with Crippen LogP contribution >= 0.6 is 0 Å². The fraction of sp³-hybridized carbons (Fsp3) is 0.500. The molecule has 24 heavy (non-hydrogen) atoms. The second kappa shape index (κ2) is 11.8. The summed E-state index contributed by atoms with van der Waals surface area (Å²) in [6.45, 7) is 5.25. The summed E-state index contributed by atoms with van der Waals surface area (Å²) in [5.74, 6) is -0.291. The lowest BCUT2D eigenvalue weighted by Gasteiger charge is -2.08. The first-order valence-electron chi connectivity index (χ1n) is 7.93. The van der Waals surface area contributed by atoms with Crippen molar-refractivity contribution in [2.45, 2.75) is 44.9 Å². The zero-order valence-corrected chi connectivity index (χ0v) is 15.4. The largest absolute Gasteiger partial charge is 0.481 e. The topological polar surface area (TPSA) is 91.7 Å². The Labute approximate surface area is 145 Å². The van der Waals surface area contributed by atoms with Crippen LogP contribution in [0.2, 0.25) is 0 Å². The third kappa shape index (κ3) is 11.0. The third-order valence-electron chi connectivity index (χ3n) is 3.29. The standard InChI is InChI=1S/C16H24O3S.C2H4O2/c1-14(11-12-17)7-6-8-15(2)13-20(18,19)16-9-4-3-5-10-16;1-2(3)4/h3-5,8-10,14,17H,6-7,11-13H2,1-2H3;1H3,(H,3,4). The molecule has 0 aliphatic carbocycles. The van der Waals surface area contributed by atoms with Gasteiger partial charge in [0, 0.05) is 13.5 Å². The van der Waals surface area contributed by atoms with E-state index in [-0.39, 0.29) is 12.4 Å². The molecular formula is C18H28O5S. The maximum absolute atomic E-state index is 12.2. The highest BCUT2D eigenvalue weighted by Gasteiger charge is 2.14. The molecule has 1 aromatic carbocycles. The number of aliphatic carboxylic acids is 1. The highest BCUT2D eigenvalue weighted by Crippen LogP contribution is 2.15. The highest BCUT2D eigenvalue weighted by molar-refractivity contribution is 7.91. The number of hydrogen-bond donors (Lipinski definition) is 2. The summed E-state index contributed by atoms with van der Waals surface area (Å²) >= 11 is 0. The van der Waals surface area contributed by atoms with Gasteiger partial charge in [-0.1, -0.05) is 36.8 Å². The van der Waals surface area contributed by atoms with Gasteiger partial charge in [0.05, 0.1) is 10.6 Å². The van der Waals surface area contributed by atoms with E-state index >= 15 is 0 Å². The molecule has 6 heteroatoms. The van der Waals surface area contributed by atoms with Crippen LogP contribution in [0, 0.1) is 5.92 Å². The van der Waals surface area contributed by atoms with Gasteiger partial charge in [0.2, 0.25) is 0 Å². The van der Waals surface area contributed by atoms with E-state index in [1.165, 1.54) is 0 Å². The van der Waals surface area contributed by atoms with E-state index in [1.807, 2.05) is 19.1 Å². The first-order valence-corrected chi connectivity index (χ1v) is 9.58. The zero-order chi connectivity index (χ0) is 18.6. The Bertz CT molecular complexity index is 602. The average Bonchev–Trinajstić information content (AvgIpc) is 2.47. The minimum absolute atomic E-state index is 0.0748. The molecule has 0 aliphatic heterocycles. The van der Waals surface area contributed by atoms with Crippen LogP contribution in [0.5, 0.6) is 0 Å². The van der Waals surface area contributed by atoms with E-state index < -0.39 is 15.8 Å². The molecule has 0 bridgehead atoms. The molecule has 0 fully saturated rings. The van der Waals surface area contributed by atoms with Crippen LogP contribution < -0.4 is 0 Å². The molecule has 1 unspecified atom stereocenters. The van der Waals surface area contributed by atoms with Crippen molar-refractivity contribution < 1.29 is 23.4 Å². The van der Waals surface area contributed by atoms with Gasteiger partial charge < -0.3 is 10.2 Å². The first kappa shape index (κ1) is 22.3. The summed E-state index contributed by atoms with van der Waals surface area (Å²) in [7, 11) is -3.23.